The molecule has 0 spiro atoms. The topological polar surface area (TPSA) is 95.9 Å². The van der Waals surface area contributed by atoms with Crippen molar-refractivity contribution in [1.29, 1.82) is 0 Å². The third-order valence-electron chi connectivity index (χ3n) is 6.51. The van der Waals surface area contributed by atoms with E-state index in [2.05, 4.69) is 17.2 Å². The Hall–Kier alpha value is -5.35. The van der Waals surface area contributed by atoms with Crippen molar-refractivity contribution in [3.63, 3.8) is 0 Å². The molecule has 7 nitrogen and oxygen atoms in total. The minimum absolute atomic E-state index is 0.0168. The van der Waals surface area contributed by atoms with E-state index in [1.807, 2.05) is 54.6 Å². The number of aliphatic carboxylic acids is 1. The van der Waals surface area contributed by atoms with Gasteiger partial charge in [-0.2, -0.15) is 0 Å². The summed E-state index contributed by atoms with van der Waals surface area (Å²) >= 11 is 0. The van der Waals surface area contributed by atoms with Crippen molar-refractivity contribution in [3.8, 4) is 17.6 Å². The molecule has 1 aliphatic rings. The molecule has 0 saturated carbocycles. The number of ketones is 1. The third-order valence-corrected chi connectivity index (χ3v) is 6.51. The molecular formula is C33H26N2O5. The Morgan fingerprint density at radius 2 is 1.60 bits per heavy atom. The van der Waals surface area contributed by atoms with Gasteiger partial charge in [0.25, 0.3) is 5.91 Å². The van der Waals surface area contributed by atoms with Gasteiger partial charge in [-0.15, -0.1) is 0 Å². The highest BCUT2D eigenvalue weighted by molar-refractivity contribution is 6.12. The molecule has 1 heterocycles. The monoisotopic (exact) mass is 530 g/mol. The van der Waals surface area contributed by atoms with Crippen LogP contribution in [-0.4, -0.2) is 42.0 Å². The lowest BCUT2D eigenvalue weighted by Crippen LogP contribution is -2.38. The van der Waals surface area contributed by atoms with Gasteiger partial charge in [0, 0.05) is 28.8 Å². The number of hydrogen-bond acceptors (Lipinski definition) is 5. The molecule has 198 valence electrons. The van der Waals surface area contributed by atoms with Crippen molar-refractivity contribution in [2.75, 3.05) is 23.4 Å². The van der Waals surface area contributed by atoms with E-state index < -0.39 is 12.0 Å². The molecule has 4 aromatic rings. The molecule has 0 unspecified atom stereocenters. The molecule has 5 rings (SSSR count). The van der Waals surface area contributed by atoms with Gasteiger partial charge in [0.15, 0.2) is 12.4 Å². The summed E-state index contributed by atoms with van der Waals surface area (Å²) in [6.07, 6.45) is 0.204. The third kappa shape index (κ3) is 6.03. The van der Waals surface area contributed by atoms with Gasteiger partial charge in [-0.3, -0.25) is 14.5 Å². The Balaban J connectivity index is 1.26. The second-order valence-corrected chi connectivity index (χ2v) is 9.22. The molecule has 1 aliphatic heterocycles. The van der Waals surface area contributed by atoms with Crippen LogP contribution in [0.2, 0.25) is 0 Å². The number of amides is 1. The van der Waals surface area contributed by atoms with Crippen LogP contribution in [0.3, 0.4) is 0 Å². The van der Waals surface area contributed by atoms with E-state index in [0.29, 0.717) is 28.3 Å². The number of hydrogen-bond donors (Lipinski definition) is 2. The number of carbonyl (C=O) groups excluding carboxylic acids is 2. The summed E-state index contributed by atoms with van der Waals surface area (Å²) in [5, 5.41) is 13.0. The molecule has 0 bridgehead atoms. The molecule has 40 heavy (non-hydrogen) atoms. The zero-order valence-corrected chi connectivity index (χ0v) is 21.5. The van der Waals surface area contributed by atoms with Crippen LogP contribution in [-0.2, 0) is 16.0 Å². The van der Waals surface area contributed by atoms with Gasteiger partial charge in [-0.05, 0) is 42.0 Å². The number of nitrogens with one attached hydrogen (secondary N) is 1. The Bertz CT molecular complexity index is 1600. The second kappa shape index (κ2) is 12.0. The van der Waals surface area contributed by atoms with Gasteiger partial charge in [-0.25, -0.2) is 4.79 Å². The number of rotatable bonds is 8. The highest BCUT2D eigenvalue weighted by atomic mass is 16.5. The molecular weight excluding hydrogens is 504 g/mol. The average Bonchev–Trinajstić information content (AvgIpc) is 2.99. The van der Waals surface area contributed by atoms with Crippen molar-refractivity contribution in [2.24, 2.45) is 0 Å². The minimum Gasteiger partial charge on any atom is -0.482 e. The summed E-state index contributed by atoms with van der Waals surface area (Å²) in [7, 11) is 0. The summed E-state index contributed by atoms with van der Waals surface area (Å²) in [6.45, 7) is 0.212. The quantitative estimate of drug-likeness (QED) is 0.251. The van der Waals surface area contributed by atoms with Gasteiger partial charge < -0.3 is 15.2 Å². The number of fused-ring (bicyclic) bond motifs is 1. The number of anilines is 2. The molecule has 0 saturated heterocycles. The maximum atomic E-state index is 13.1. The number of benzene rings is 4. The van der Waals surface area contributed by atoms with Crippen molar-refractivity contribution in [1.82, 2.24) is 0 Å². The molecule has 0 aliphatic carbocycles. The maximum Gasteiger partial charge on any atom is 0.326 e. The van der Waals surface area contributed by atoms with Crippen LogP contribution >= 0.6 is 0 Å². The van der Waals surface area contributed by atoms with E-state index in [-0.39, 0.29) is 31.3 Å². The molecule has 4 aromatic carbocycles. The second-order valence-electron chi connectivity index (χ2n) is 9.22. The number of para-hydroxylation sites is 3. The largest absolute Gasteiger partial charge is 0.482 e. The summed E-state index contributed by atoms with van der Waals surface area (Å²) < 4.78 is 5.47. The van der Waals surface area contributed by atoms with E-state index in [9.17, 15) is 19.5 Å². The van der Waals surface area contributed by atoms with Crippen LogP contribution in [0.15, 0.2) is 103 Å². The summed E-state index contributed by atoms with van der Waals surface area (Å²) in [6, 6.07) is 29.5. The lowest BCUT2D eigenvalue weighted by Gasteiger charge is -2.27. The minimum atomic E-state index is -1.03. The van der Waals surface area contributed by atoms with Crippen LogP contribution in [0.5, 0.6) is 5.75 Å². The smallest absolute Gasteiger partial charge is 0.326 e. The van der Waals surface area contributed by atoms with Crippen LogP contribution < -0.4 is 15.0 Å². The highest BCUT2D eigenvalue weighted by Gasteiger charge is 2.24. The lowest BCUT2D eigenvalue weighted by molar-refractivity contribution is -0.137. The number of nitrogens with zero attached hydrogens (tertiary/aromatic N) is 1. The van der Waals surface area contributed by atoms with E-state index in [1.165, 1.54) is 0 Å². The number of carbonyl (C=O) groups is 3. The van der Waals surface area contributed by atoms with E-state index in [0.717, 1.165) is 11.1 Å². The molecule has 1 atom stereocenters. The first-order valence-electron chi connectivity index (χ1n) is 12.8. The van der Waals surface area contributed by atoms with E-state index in [4.69, 9.17) is 4.74 Å². The number of carboxylic acids is 1. The van der Waals surface area contributed by atoms with Crippen LogP contribution in [0.4, 0.5) is 11.4 Å². The Kier molecular flexibility index (Phi) is 7.89. The predicted octanol–water partition coefficient (Wildman–Crippen LogP) is 4.80. The normalized spacial score (nSPS) is 12.8. The Morgan fingerprint density at radius 1 is 0.900 bits per heavy atom. The summed E-state index contributed by atoms with van der Waals surface area (Å²) in [4.78, 5) is 39.1. The van der Waals surface area contributed by atoms with Crippen molar-refractivity contribution >= 4 is 29.0 Å². The van der Waals surface area contributed by atoms with E-state index >= 15 is 0 Å². The standard InChI is InChI=1S/C33H26N2O5/c36-31-22-40-30-15-7-6-14-29(30)35(31)20-8-9-23-16-18-24(19-17-23)21-28(33(38)39)34-27-13-5-4-12-26(27)32(37)25-10-2-1-3-11-25/h1-7,10-19,28,34H,20-22H2,(H,38,39)/t28-/m0/s1. The molecule has 1 amide bonds. The molecule has 0 radical (unpaired) electrons. The Morgan fingerprint density at radius 3 is 2.38 bits per heavy atom. The van der Waals surface area contributed by atoms with Gasteiger partial charge in [0.2, 0.25) is 0 Å². The molecule has 0 fully saturated rings. The van der Waals surface area contributed by atoms with E-state index in [1.54, 1.807) is 53.4 Å². The van der Waals surface area contributed by atoms with Gasteiger partial charge >= 0.3 is 5.97 Å². The lowest BCUT2D eigenvalue weighted by atomic mass is 10.00. The highest BCUT2D eigenvalue weighted by Crippen LogP contribution is 2.31. The first kappa shape index (κ1) is 26.3. The summed E-state index contributed by atoms with van der Waals surface area (Å²) in [5.74, 6) is 5.41. The molecule has 0 aromatic heterocycles. The average molecular weight is 531 g/mol. The van der Waals surface area contributed by atoms with Gasteiger partial charge in [0.1, 0.15) is 11.8 Å². The fourth-order valence-corrected chi connectivity index (χ4v) is 4.45. The maximum absolute atomic E-state index is 13.1. The zero-order valence-electron chi connectivity index (χ0n) is 21.5. The van der Waals surface area contributed by atoms with Crippen LogP contribution in [0, 0.1) is 11.8 Å². The first-order valence-corrected chi connectivity index (χ1v) is 12.8. The fourth-order valence-electron chi connectivity index (χ4n) is 4.45. The fraction of sp³-hybridized carbons (Fsp3) is 0.121. The van der Waals surface area contributed by atoms with Gasteiger partial charge in [0.05, 0.1) is 12.2 Å². The van der Waals surface area contributed by atoms with Crippen molar-refractivity contribution < 1.29 is 24.2 Å². The van der Waals surface area contributed by atoms with Gasteiger partial charge in [-0.1, -0.05) is 78.6 Å². The van der Waals surface area contributed by atoms with Crippen molar-refractivity contribution in [3.05, 3.63) is 125 Å². The van der Waals surface area contributed by atoms with Crippen molar-refractivity contribution in [2.45, 2.75) is 12.5 Å². The zero-order chi connectivity index (χ0) is 27.9. The number of ether oxygens (including phenoxy) is 1. The van der Waals surface area contributed by atoms with Crippen LogP contribution in [0.25, 0.3) is 0 Å². The molecule has 7 heteroatoms. The predicted molar refractivity (Wildman–Crippen MR) is 153 cm³/mol. The Labute approximate surface area is 232 Å². The molecule has 2 N–H and O–H groups in total. The number of carboxylic acid groups (broad SMARTS) is 1. The first-order chi connectivity index (χ1) is 19.5. The summed E-state index contributed by atoms with van der Waals surface area (Å²) in [5.41, 5.74) is 3.65. The van der Waals surface area contributed by atoms with Crippen LogP contribution in [0.1, 0.15) is 27.0 Å². The SMILES string of the molecule is O=C(c1ccccc1)c1ccccc1N[C@@H](Cc1ccc(C#CCN2C(=O)COc3ccccc32)cc1)C(=O)O.